The lowest BCUT2D eigenvalue weighted by molar-refractivity contribution is -0.160. The van der Waals surface area contributed by atoms with Crippen LogP contribution in [0, 0.1) is 18.8 Å². The molecule has 4 rings (SSSR count). The fraction of sp³-hybridized carbons (Fsp3) is 0.250. The molecule has 0 bridgehead atoms. The summed E-state index contributed by atoms with van der Waals surface area (Å²) in [5.74, 6) is 4.97. The summed E-state index contributed by atoms with van der Waals surface area (Å²) >= 11 is 6.18. The van der Waals surface area contributed by atoms with E-state index in [1.807, 2.05) is 64.1 Å². The standard InChI is InChI=1S/C32H30ClNO4/c1-20-17-23-9-8-21(14-15-32(5,37)24-7-6-16-34-19-24)18-26(23)28(22-10-12-25(33)13-11-22)27(20)29(30(35)36)38-31(2,3)4/h6-13,16-19,29,37H,1-5H3,(H,35,36)/t29-,32?/m0/s1. The SMILES string of the molecule is Cc1cc2ccc(C#CC(C)(O)c3cccnc3)cc2c(-c2ccc(Cl)cc2)c1[C@H](OC(C)(C)C)C(=O)O. The van der Waals surface area contributed by atoms with Crippen LogP contribution >= 0.6 is 11.6 Å². The Morgan fingerprint density at radius 2 is 1.76 bits per heavy atom. The average molecular weight is 528 g/mol. The number of carbonyl (C=O) groups is 1. The van der Waals surface area contributed by atoms with Crippen LogP contribution in [-0.2, 0) is 15.1 Å². The van der Waals surface area contributed by atoms with Gasteiger partial charge in [-0.05, 0) is 92.4 Å². The highest BCUT2D eigenvalue weighted by Gasteiger charge is 2.31. The summed E-state index contributed by atoms with van der Waals surface area (Å²) in [6, 6.07) is 18.6. The van der Waals surface area contributed by atoms with Gasteiger partial charge in [-0.1, -0.05) is 53.8 Å². The van der Waals surface area contributed by atoms with Crippen molar-refractivity contribution in [1.82, 2.24) is 4.98 Å². The van der Waals surface area contributed by atoms with Crippen molar-refractivity contribution in [3.63, 3.8) is 0 Å². The van der Waals surface area contributed by atoms with Gasteiger partial charge in [0.15, 0.2) is 6.10 Å². The Hall–Kier alpha value is -3.69. The molecule has 0 saturated carbocycles. The summed E-state index contributed by atoms with van der Waals surface area (Å²) in [5, 5.41) is 23.5. The maximum Gasteiger partial charge on any atom is 0.337 e. The molecule has 0 fully saturated rings. The number of aliphatic hydroxyl groups is 1. The summed E-state index contributed by atoms with van der Waals surface area (Å²) in [5.41, 5.74) is 2.13. The van der Waals surface area contributed by atoms with Crippen LogP contribution in [0.2, 0.25) is 5.02 Å². The van der Waals surface area contributed by atoms with Gasteiger partial charge in [-0.25, -0.2) is 4.79 Å². The Balaban J connectivity index is 1.96. The first-order valence-electron chi connectivity index (χ1n) is 12.3. The van der Waals surface area contributed by atoms with Crippen molar-refractivity contribution < 1.29 is 19.7 Å². The van der Waals surface area contributed by atoms with E-state index in [1.165, 1.54) is 0 Å². The van der Waals surface area contributed by atoms with Crippen molar-refractivity contribution >= 4 is 28.3 Å². The lowest BCUT2D eigenvalue weighted by atomic mass is 9.86. The first-order valence-corrected chi connectivity index (χ1v) is 12.6. The Bertz CT molecular complexity index is 1540. The number of aryl methyl sites for hydroxylation is 1. The van der Waals surface area contributed by atoms with Crippen molar-refractivity contribution in [3.05, 3.63) is 100 Å². The number of aromatic nitrogens is 1. The molecule has 0 radical (unpaired) electrons. The summed E-state index contributed by atoms with van der Waals surface area (Å²) in [4.78, 5) is 16.6. The Kier molecular flexibility index (Phi) is 7.62. The van der Waals surface area contributed by atoms with E-state index in [-0.39, 0.29) is 0 Å². The zero-order valence-electron chi connectivity index (χ0n) is 22.0. The topological polar surface area (TPSA) is 79.7 Å². The van der Waals surface area contributed by atoms with Crippen molar-refractivity contribution in [2.75, 3.05) is 0 Å². The number of benzene rings is 3. The number of halogens is 1. The van der Waals surface area contributed by atoms with Crippen molar-refractivity contribution in [2.45, 2.75) is 51.9 Å². The van der Waals surface area contributed by atoms with Crippen LogP contribution in [-0.4, -0.2) is 26.8 Å². The number of nitrogens with zero attached hydrogens (tertiary/aromatic N) is 1. The van der Waals surface area contributed by atoms with Gasteiger partial charge in [0.05, 0.1) is 5.60 Å². The fourth-order valence-corrected chi connectivity index (χ4v) is 4.52. The molecule has 6 heteroatoms. The zero-order valence-corrected chi connectivity index (χ0v) is 22.8. The smallest absolute Gasteiger partial charge is 0.337 e. The van der Waals surface area contributed by atoms with Crippen molar-refractivity contribution in [2.24, 2.45) is 0 Å². The van der Waals surface area contributed by atoms with E-state index in [0.29, 0.717) is 21.7 Å². The molecule has 0 saturated heterocycles. The number of rotatable bonds is 5. The monoisotopic (exact) mass is 527 g/mol. The van der Waals surface area contributed by atoms with Gasteiger partial charge in [-0.2, -0.15) is 0 Å². The van der Waals surface area contributed by atoms with E-state index in [9.17, 15) is 15.0 Å². The molecule has 0 spiro atoms. The third-order valence-electron chi connectivity index (χ3n) is 6.15. The highest BCUT2D eigenvalue weighted by atomic mass is 35.5. The van der Waals surface area contributed by atoms with E-state index >= 15 is 0 Å². The quantitative estimate of drug-likeness (QED) is 0.271. The molecule has 0 aliphatic heterocycles. The largest absolute Gasteiger partial charge is 0.479 e. The number of carboxylic acids is 1. The fourth-order valence-electron chi connectivity index (χ4n) is 4.40. The molecule has 4 aromatic rings. The molecule has 0 aliphatic rings. The average Bonchev–Trinajstić information content (AvgIpc) is 2.86. The van der Waals surface area contributed by atoms with Gasteiger partial charge >= 0.3 is 5.97 Å². The Morgan fingerprint density at radius 1 is 1.05 bits per heavy atom. The van der Waals surface area contributed by atoms with Gasteiger partial charge in [0.2, 0.25) is 0 Å². The van der Waals surface area contributed by atoms with Crippen molar-refractivity contribution in [1.29, 1.82) is 0 Å². The molecule has 1 aromatic heterocycles. The number of hydrogen-bond donors (Lipinski definition) is 2. The van der Waals surface area contributed by atoms with E-state index in [4.69, 9.17) is 16.3 Å². The van der Waals surface area contributed by atoms with E-state index in [0.717, 1.165) is 27.5 Å². The van der Waals surface area contributed by atoms with Crippen LogP contribution in [0.3, 0.4) is 0 Å². The van der Waals surface area contributed by atoms with Crippen LogP contribution in [0.15, 0.2) is 73.1 Å². The van der Waals surface area contributed by atoms with Gasteiger partial charge < -0.3 is 14.9 Å². The predicted molar refractivity (Wildman–Crippen MR) is 151 cm³/mol. The number of hydrogen-bond acceptors (Lipinski definition) is 4. The Labute approximate surface area is 228 Å². The molecule has 2 N–H and O–H groups in total. The minimum Gasteiger partial charge on any atom is -0.479 e. The molecule has 0 amide bonds. The summed E-state index contributed by atoms with van der Waals surface area (Å²) < 4.78 is 6.08. The molecule has 1 unspecified atom stereocenters. The van der Waals surface area contributed by atoms with Gasteiger partial charge in [0.25, 0.3) is 0 Å². The van der Waals surface area contributed by atoms with Gasteiger partial charge in [0, 0.05) is 34.1 Å². The molecular weight excluding hydrogens is 498 g/mol. The molecule has 1 heterocycles. The lowest BCUT2D eigenvalue weighted by Gasteiger charge is -2.28. The Morgan fingerprint density at radius 3 is 2.37 bits per heavy atom. The molecule has 3 aromatic carbocycles. The van der Waals surface area contributed by atoms with Gasteiger partial charge in [-0.15, -0.1) is 0 Å². The van der Waals surface area contributed by atoms with Gasteiger partial charge in [-0.3, -0.25) is 4.98 Å². The minimum atomic E-state index is -1.39. The number of fused-ring (bicyclic) bond motifs is 1. The number of pyridine rings is 1. The molecule has 5 nitrogen and oxygen atoms in total. The number of ether oxygens (including phenoxy) is 1. The summed E-state index contributed by atoms with van der Waals surface area (Å²) in [6.07, 6.45) is 2.04. The number of aliphatic carboxylic acids is 1. The molecular formula is C32H30ClNO4. The maximum atomic E-state index is 12.5. The van der Waals surface area contributed by atoms with E-state index in [1.54, 1.807) is 43.6 Å². The van der Waals surface area contributed by atoms with Crippen LogP contribution in [0.5, 0.6) is 0 Å². The first kappa shape index (κ1) is 27.3. The maximum absolute atomic E-state index is 12.5. The van der Waals surface area contributed by atoms with Crippen LogP contribution in [0.25, 0.3) is 21.9 Å². The number of carboxylic acid groups (broad SMARTS) is 1. The lowest BCUT2D eigenvalue weighted by Crippen LogP contribution is -2.28. The van der Waals surface area contributed by atoms with E-state index in [2.05, 4.69) is 16.8 Å². The summed E-state index contributed by atoms with van der Waals surface area (Å²) in [6.45, 7) is 9.03. The summed E-state index contributed by atoms with van der Waals surface area (Å²) in [7, 11) is 0. The second-order valence-electron chi connectivity index (χ2n) is 10.4. The minimum absolute atomic E-state index is 0.578. The zero-order chi connectivity index (χ0) is 27.7. The molecule has 2 atom stereocenters. The van der Waals surface area contributed by atoms with Crippen molar-refractivity contribution in [3.8, 4) is 23.0 Å². The molecule has 0 aliphatic carbocycles. The van der Waals surface area contributed by atoms with E-state index < -0.39 is 23.3 Å². The predicted octanol–water partition coefficient (Wildman–Crippen LogP) is 7.06. The van der Waals surface area contributed by atoms with Crippen LogP contribution in [0.4, 0.5) is 0 Å². The normalized spacial score (nSPS) is 13.9. The van der Waals surface area contributed by atoms with Crippen LogP contribution < -0.4 is 0 Å². The van der Waals surface area contributed by atoms with Crippen LogP contribution in [0.1, 0.15) is 56.1 Å². The third kappa shape index (κ3) is 6.06. The second kappa shape index (κ2) is 10.6. The molecule has 38 heavy (non-hydrogen) atoms. The van der Waals surface area contributed by atoms with Gasteiger partial charge in [0.1, 0.15) is 5.60 Å². The highest BCUT2D eigenvalue weighted by Crippen LogP contribution is 2.41. The highest BCUT2D eigenvalue weighted by molar-refractivity contribution is 6.30. The third-order valence-corrected chi connectivity index (χ3v) is 6.41. The molecule has 194 valence electrons. The second-order valence-corrected chi connectivity index (χ2v) is 10.9. The first-order chi connectivity index (χ1) is 17.9.